The molecule has 1 aromatic carbocycles. The molecule has 0 fully saturated rings. The van der Waals surface area contributed by atoms with Gasteiger partial charge in [0.2, 0.25) is 0 Å². The Morgan fingerprint density at radius 1 is 1.26 bits per heavy atom. The lowest BCUT2D eigenvalue weighted by Crippen LogP contribution is -2.07. The highest BCUT2D eigenvalue weighted by molar-refractivity contribution is 7.20. The van der Waals surface area contributed by atoms with Crippen LogP contribution in [0.25, 0.3) is 0 Å². The number of nitrogens with one attached hydrogen (secondary N) is 1. The van der Waals surface area contributed by atoms with E-state index >= 15 is 0 Å². The maximum Gasteiger partial charge on any atom is 0.119 e. The number of hydrogen-bond donors (Lipinski definition) is 1. The Kier molecular flexibility index (Phi) is 4.61. The van der Waals surface area contributed by atoms with Gasteiger partial charge in [-0.05, 0) is 43.7 Å². The molecule has 1 heterocycles. The van der Waals surface area contributed by atoms with Gasteiger partial charge in [-0.15, -0.1) is 11.3 Å². The molecule has 0 aliphatic rings. The van der Waals surface area contributed by atoms with E-state index in [4.69, 9.17) is 27.9 Å². The number of halogens is 2. The highest BCUT2D eigenvalue weighted by Crippen LogP contribution is 2.36. The third-order valence-electron chi connectivity index (χ3n) is 2.96. The summed E-state index contributed by atoms with van der Waals surface area (Å²) in [5.41, 5.74) is 3.21. The molecule has 0 amide bonds. The first-order valence-corrected chi connectivity index (χ1v) is 7.44. The van der Waals surface area contributed by atoms with Crippen LogP contribution in [0.4, 0.5) is 5.69 Å². The molecule has 1 aromatic heterocycles. The van der Waals surface area contributed by atoms with Crippen LogP contribution in [0.15, 0.2) is 24.3 Å². The summed E-state index contributed by atoms with van der Waals surface area (Å²) in [4.78, 5) is 0. The molecule has 5 heteroatoms. The second-order valence-electron chi connectivity index (χ2n) is 4.33. The van der Waals surface area contributed by atoms with Crippen LogP contribution < -0.4 is 10.1 Å². The van der Waals surface area contributed by atoms with Crippen molar-refractivity contribution >= 4 is 40.2 Å². The summed E-state index contributed by atoms with van der Waals surface area (Å²) in [6, 6.07) is 7.95. The number of rotatable bonds is 4. The van der Waals surface area contributed by atoms with E-state index in [0.29, 0.717) is 4.34 Å². The first kappa shape index (κ1) is 14.5. The second-order valence-corrected chi connectivity index (χ2v) is 6.61. The Morgan fingerprint density at radius 2 is 2.00 bits per heavy atom. The lowest BCUT2D eigenvalue weighted by Gasteiger charge is -2.17. The Morgan fingerprint density at radius 3 is 2.53 bits per heavy atom. The molecule has 0 spiro atoms. The van der Waals surface area contributed by atoms with Gasteiger partial charge in [0.25, 0.3) is 0 Å². The molecule has 2 aromatic rings. The predicted octanol–water partition coefficient (Wildman–Crippen LogP) is 5.55. The number of hydrogen-bond acceptors (Lipinski definition) is 3. The molecule has 1 unspecified atom stereocenters. The smallest absolute Gasteiger partial charge is 0.119 e. The third kappa shape index (κ3) is 3.35. The average molecular weight is 316 g/mol. The topological polar surface area (TPSA) is 21.3 Å². The minimum absolute atomic E-state index is 0.100. The van der Waals surface area contributed by atoms with Crippen molar-refractivity contribution in [1.82, 2.24) is 0 Å². The van der Waals surface area contributed by atoms with E-state index in [1.165, 1.54) is 11.3 Å². The van der Waals surface area contributed by atoms with Crippen molar-refractivity contribution in [2.45, 2.75) is 19.9 Å². The molecular weight excluding hydrogens is 301 g/mol. The van der Waals surface area contributed by atoms with Crippen molar-refractivity contribution in [1.29, 1.82) is 0 Å². The second kappa shape index (κ2) is 6.04. The van der Waals surface area contributed by atoms with Crippen LogP contribution in [0, 0.1) is 6.92 Å². The molecule has 2 rings (SSSR count). The van der Waals surface area contributed by atoms with Crippen molar-refractivity contribution in [2.75, 3.05) is 12.4 Å². The minimum atomic E-state index is 0.100. The van der Waals surface area contributed by atoms with Crippen LogP contribution in [-0.2, 0) is 0 Å². The van der Waals surface area contributed by atoms with Crippen LogP contribution in [0.5, 0.6) is 5.75 Å². The van der Waals surface area contributed by atoms with Gasteiger partial charge in [-0.25, -0.2) is 0 Å². The van der Waals surface area contributed by atoms with Gasteiger partial charge < -0.3 is 10.1 Å². The van der Waals surface area contributed by atoms with Crippen molar-refractivity contribution in [3.63, 3.8) is 0 Å². The van der Waals surface area contributed by atoms with Gasteiger partial charge in [0, 0.05) is 11.3 Å². The molecule has 0 aliphatic heterocycles. The molecule has 1 N–H and O–H groups in total. The molecule has 0 bridgehead atoms. The maximum atomic E-state index is 6.17. The number of aryl methyl sites for hydroxylation is 1. The van der Waals surface area contributed by atoms with E-state index in [-0.39, 0.29) is 6.04 Å². The largest absolute Gasteiger partial charge is 0.497 e. The number of methoxy groups -OCH3 is 1. The lowest BCUT2D eigenvalue weighted by atomic mass is 10.1. The average Bonchev–Trinajstić information content (AvgIpc) is 2.71. The van der Waals surface area contributed by atoms with Crippen LogP contribution >= 0.6 is 34.5 Å². The molecule has 2 nitrogen and oxygen atoms in total. The van der Waals surface area contributed by atoms with Gasteiger partial charge in [-0.1, -0.05) is 23.2 Å². The van der Waals surface area contributed by atoms with Crippen LogP contribution in [0.1, 0.15) is 24.1 Å². The standard InChI is InChI=1S/C14H15Cl2NOS/c1-8-6-10(18-3)4-5-12(8)17-9(2)11-7-13(15)19-14(11)16/h4-7,9,17H,1-3H3. The zero-order chi connectivity index (χ0) is 14.0. The van der Waals surface area contributed by atoms with Crippen LogP contribution in [0.3, 0.4) is 0 Å². The summed E-state index contributed by atoms with van der Waals surface area (Å²) in [5.74, 6) is 0.854. The highest BCUT2D eigenvalue weighted by atomic mass is 35.5. The van der Waals surface area contributed by atoms with Gasteiger partial charge >= 0.3 is 0 Å². The number of thiophene rings is 1. The lowest BCUT2D eigenvalue weighted by molar-refractivity contribution is 0.414. The molecule has 0 aliphatic carbocycles. The van der Waals surface area contributed by atoms with E-state index in [1.54, 1.807) is 7.11 Å². The van der Waals surface area contributed by atoms with Gasteiger partial charge in [0.1, 0.15) is 5.75 Å². The first-order valence-electron chi connectivity index (χ1n) is 5.87. The van der Waals surface area contributed by atoms with Crippen molar-refractivity contribution in [3.8, 4) is 5.75 Å². The summed E-state index contributed by atoms with van der Waals surface area (Å²) in [5, 5.41) is 3.44. The summed E-state index contributed by atoms with van der Waals surface area (Å²) in [7, 11) is 1.66. The molecule has 0 saturated heterocycles. The Labute approximate surface area is 127 Å². The fraction of sp³-hybridized carbons (Fsp3) is 0.286. The van der Waals surface area contributed by atoms with Gasteiger partial charge in [-0.2, -0.15) is 0 Å². The van der Waals surface area contributed by atoms with Crippen molar-refractivity contribution in [2.24, 2.45) is 0 Å². The SMILES string of the molecule is COc1ccc(NC(C)c2cc(Cl)sc2Cl)c(C)c1. The van der Waals surface area contributed by atoms with Gasteiger partial charge in [-0.3, -0.25) is 0 Å². The summed E-state index contributed by atoms with van der Waals surface area (Å²) >= 11 is 13.5. The Bertz CT molecular complexity index is 583. The van der Waals surface area contributed by atoms with Gasteiger partial charge in [0.15, 0.2) is 0 Å². The van der Waals surface area contributed by atoms with E-state index < -0.39 is 0 Å². The fourth-order valence-electron chi connectivity index (χ4n) is 1.88. The Balaban J connectivity index is 2.19. The maximum absolute atomic E-state index is 6.17. The summed E-state index contributed by atoms with van der Waals surface area (Å²) in [6.07, 6.45) is 0. The zero-order valence-corrected chi connectivity index (χ0v) is 13.3. The van der Waals surface area contributed by atoms with Crippen molar-refractivity contribution < 1.29 is 4.74 Å². The van der Waals surface area contributed by atoms with Crippen LogP contribution in [0.2, 0.25) is 8.67 Å². The molecule has 1 atom stereocenters. The minimum Gasteiger partial charge on any atom is -0.497 e. The molecule has 19 heavy (non-hydrogen) atoms. The summed E-state index contributed by atoms with van der Waals surface area (Å²) < 4.78 is 6.64. The first-order chi connectivity index (χ1) is 9.01. The van der Waals surface area contributed by atoms with E-state index in [2.05, 4.69) is 12.2 Å². The third-order valence-corrected chi connectivity index (χ3v) is 4.47. The molecular formula is C14H15Cl2NOS. The van der Waals surface area contributed by atoms with Crippen molar-refractivity contribution in [3.05, 3.63) is 44.1 Å². The predicted molar refractivity (Wildman–Crippen MR) is 84.1 cm³/mol. The highest BCUT2D eigenvalue weighted by Gasteiger charge is 2.14. The summed E-state index contributed by atoms with van der Waals surface area (Å²) in [6.45, 7) is 4.10. The number of benzene rings is 1. The van der Waals surface area contributed by atoms with E-state index in [1.807, 2.05) is 31.2 Å². The molecule has 0 saturated carbocycles. The van der Waals surface area contributed by atoms with Crippen LogP contribution in [-0.4, -0.2) is 7.11 Å². The molecule has 102 valence electrons. The van der Waals surface area contributed by atoms with Gasteiger partial charge in [0.05, 0.1) is 21.8 Å². The zero-order valence-electron chi connectivity index (χ0n) is 11.0. The molecule has 0 radical (unpaired) electrons. The Hall–Kier alpha value is -0.900. The fourth-order valence-corrected chi connectivity index (χ4v) is 3.53. The van der Waals surface area contributed by atoms with E-state index in [0.717, 1.165) is 26.9 Å². The normalized spacial score (nSPS) is 12.3. The monoisotopic (exact) mass is 315 g/mol. The quantitative estimate of drug-likeness (QED) is 0.799. The number of anilines is 1. The van der Waals surface area contributed by atoms with E-state index in [9.17, 15) is 0 Å². The number of ether oxygens (including phenoxy) is 1.